The molecular weight excluding hydrogens is 500 g/mol. The summed E-state index contributed by atoms with van der Waals surface area (Å²) in [6.45, 7) is 5.33. The van der Waals surface area contributed by atoms with Gasteiger partial charge in [0.25, 0.3) is 5.91 Å². The molecule has 0 unspecified atom stereocenters. The number of nitrogens with zero attached hydrogens (tertiary/aromatic N) is 1. The minimum atomic E-state index is -0.670. The van der Waals surface area contributed by atoms with Gasteiger partial charge in [-0.3, -0.25) is 19.3 Å². The van der Waals surface area contributed by atoms with Gasteiger partial charge in [0.15, 0.2) is 6.61 Å². The van der Waals surface area contributed by atoms with Crippen molar-refractivity contribution in [3.8, 4) is 0 Å². The number of rotatable bonds is 5. The van der Waals surface area contributed by atoms with E-state index < -0.39 is 18.5 Å². The number of hydrogen-bond donors (Lipinski definition) is 1. The Morgan fingerprint density at radius 3 is 2.44 bits per heavy atom. The number of benzene rings is 2. The van der Waals surface area contributed by atoms with Crippen molar-refractivity contribution >= 4 is 51.0 Å². The van der Waals surface area contributed by atoms with Crippen LogP contribution in [0.2, 0.25) is 0 Å². The first kappa shape index (κ1) is 23.9. The normalized spacial score (nSPS) is 21.4. The summed E-state index contributed by atoms with van der Waals surface area (Å²) in [4.78, 5) is 51.6. The number of esters is 1. The van der Waals surface area contributed by atoms with Crippen molar-refractivity contribution in [3.63, 3.8) is 0 Å². The van der Waals surface area contributed by atoms with E-state index in [1.165, 1.54) is 17.0 Å². The number of imide groups is 1. The maximum Gasteiger partial charge on any atom is 0.338 e. The Kier molecular flexibility index (Phi) is 6.70. The molecule has 4 rings (SSSR count). The molecule has 2 aromatic carbocycles. The average Bonchev–Trinajstić information content (AvgIpc) is 3.09. The number of amides is 3. The zero-order chi connectivity index (χ0) is 24.6. The van der Waals surface area contributed by atoms with Crippen LogP contribution in [0.1, 0.15) is 34.8 Å². The van der Waals surface area contributed by atoms with Gasteiger partial charge in [0.2, 0.25) is 11.8 Å². The fourth-order valence-corrected chi connectivity index (χ4v) is 4.90. The number of hydrogen-bond acceptors (Lipinski definition) is 5. The SMILES string of the molecule is Cc1c(Br)ccc(NC(=O)COC(=O)c2ccc(N3C(=O)[C@@H]4[C@@H](C)C=CC[C@H]4C3=O)cc2)c1C. The minimum absolute atomic E-state index is 0.00529. The highest BCUT2D eigenvalue weighted by molar-refractivity contribution is 9.10. The fraction of sp³-hybridized carbons (Fsp3) is 0.308. The van der Waals surface area contributed by atoms with Crippen molar-refractivity contribution < 1.29 is 23.9 Å². The van der Waals surface area contributed by atoms with E-state index in [9.17, 15) is 19.2 Å². The van der Waals surface area contributed by atoms with Crippen LogP contribution in [0.4, 0.5) is 11.4 Å². The van der Waals surface area contributed by atoms with Crippen molar-refractivity contribution in [1.29, 1.82) is 0 Å². The van der Waals surface area contributed by atoms with Gasteiger partial charge in [-0.05, 0) is 73.7 Å². The van der Waals surface area contributed by atoms with Crippen LogP contribution in [-0.4, -0.2) is 30.3 Å². The molecule has 1 N–H and O–H groups in total. The standard InChI is InChI=1S/C26H25BrN2O5/c1-14-5-4-6-19-23(14)25(32)29(24(19)31)18-9-7-17(8-10-18)26(33)34-13-22(30)28-21-12-11-20(27)15(2)16(21)3/h4-5,7-12,14,19,23H,6,13H2,1-3H3,(H,28,30)/t14-,19+,23+/m0/s1. The highest BCUT2D eigenvalue weighted by atomic mass is 79.9. The molecule has 34 heavy (non-hydrogen) atoms. The van der Waals surface area contributed by atoms with Crippen molar-refractivity contribution in [2.24, 2.45) is 17.8 Å². The smallest absolute Gasteiger partial charge is 0.338 e. The van der Waals surface area contributed by atoms with Crippen LogP contribution in [0.15, 0.2) is 53.0 Å². The lowest BCUT2D eigenvalue weighted by molar-refractivity contribution is -0.123. The summed E-state index contributed by atoms with van der Waals surface area (Å²) in [6.07, 6.45) is 4.49. The molecule has 3 atom stereocenters. The molecule has 176 valence electrons. The Bertz CT molecular complexity index is 1200. The molecule has 1 aliphatic heterocycles. The quantitative estimate of drug-likeness (QED) is 0.351. The lowest BCUT2D eigenvalue weighted by Crippen LogP contribution is -2.31. The number of nitrogens with one attached hydrogen (secondary N) is 1. The Morgan fingerprint density at radius 1 is 1.06 bits per heavy atom. The Labute approximate surface area is 206 Å². The van der Waals surface area contributed by atoms with E-state index in [0.717, 1.165) is 15.6 Å². The van der Waals surface area contributed by atoms with Crippen LogP contribution >= 0.6 is 15.9 Å². The largest absolute Gasteiger partial charge is 0.452 e. The van der Waals surface area contributed by atoms with E-state index in [2.05, 4.69) is 21.2 Å². The fourth-order valence-electron chi connectivity index (χ4n) is 4.47. The first-order valence-electron chi connectivity index (χ1n) is 11.1. The first-order valence-corrected chi connectivity index (χ1v) is 11.9. The number of ether oxygens (including phenoxy) is 1. The third-order valence-electron chi connectivity index (χ3n) is 6.56. The van der Waals surface area contributed by atoms with E-state index in [-0.39, 0.29) is 35.1 Å². The van der Waals surface area contributed by atoms with Gasteiger partial charge in [-0.25, -0.2) is 4.79 Å². The third-order valence-corrected chi connectivity index (χ3v) is 7.42. The van der Waals surface area contributed by atoms with E-state index in [4.69, 9.17) is 4.74 Å². The highest BCUT2D eigenvalue weighted by Gasteiger charge is 2.50. The summed E-state index contributed by atoms with van der Waals surface area (Å²) in [5, 5.41) is 2.75. The van der Waals surface area contributed by atoms with Gasteiger partial charge < -0.3 is 10.1 Å². The molecule has 0 aromatic heterocycles. The summed E-state index contributed by atoms with van der Waals surface area (Å²) in [5.74, 6) is -2.23. The molecule has 1 heterocycles. The number of carbonyl (C=O) groups is 4. The molecule has 7 nitrogen and oxygen atoms in total. The van der Waals surface area contributed by atoms with Crippen LogP contribution in [0, 0.1) is 31.6 Å². The molecule has 1 saturated heterocycles. The molecule has 0 radical (unpaired) electrons. The maximum absolute atomic E-state index is 12.9. The van der Waals surface area contributed by atoms with Crippen molar-refractivity contribution in [2.45, 2.75) is 27.2 Å². The van der Waals surface area contributed by atoms with Gasteiger partial charge in [0, 0.05) is 10.2 Å². The zero-order valence-corrected chi connectivity index (χ0v) is 20.7. The summed E-state index contributed by atoms with van der Waals surface area (Å²) >= 11 is 3.45. The molecule has 8 heteroatoms. The zero-order valence-electron chi connectivity index (χ0n) is 19.1. The minimum Gasteiger partial charge on any atom is -0.452 e. The second kappa shape index (κ2) is 9.54. The Balaban J connectivity index is 1.37. The van der Waals surface area contributed by atoms with Crippen LogP contribution in [0.3, 0.4) is 0 Å². The molecule has 3 amide bonds. The predicted octanol–water partition coefficient (Wildman–Crippen LogP) is 4.56. The van der Waals surface area contributed by atoms with Crippen LogP contribution in [0.5, 0.6) is 0 Å². The molecular formula is C26H25BrN2O5. The molecule has 2 aliphatic rings. The number of halogens is 1. The lowest BCUT2D eigenvalue weighted by atomic mass is 9.78. The number of allylic oxidation sites excluding steroid dienone is 2. The van der Waals surface area contributed by atoms with E-state index in [0.29, 0.717) is 17.8 Å². The van der Waals surface area contributed by atoms with Gasteiger partial charge in [0.1, 0.15) is 0 Å². The van der Waals surface area contributed by atoms with Crippen LogP contribution in [0.25, 0.3) is 0 Å². The van der Waals surface area contributed by atoms with Gasteiger partial charge in [0.05, 0.1) is 23.1 Å². The molecule has 1 aliphatic carbocycles. The van der Waals surface area contributed by atoms with Gasteiger partial charge in [-0.2, -0.15) is 0 Å². The van der Waals surface area contributed by atoms with Crippen LogP contribution < -0.4 is 10.2 Å². The van der Waals surface area contributed by atoms with Gasteiger partial charge in [-0.1, -0.05) is 35.0 Å². The monoisotopic (exact) mass is 524 g/mol. The molecule has 1 fully saturated rings. The van der Waals surface area contributed by atoms with Gasteiger partial charge >= 0.3 is 5.97 Å². The predicted molar refractivity (Wildman–Crippen MR) is 131 cm³/mol. The molecule has 0 bridgehead atoms. The van der Waals surface area contributed by atoms with E-state index in [1.807, 2.05) is 39.0 Å². The number of anilines is 2. The Morgan fingerprint density at radius 2 is 1.76 bits per heavy atom. The second-order valence-corrected chi connectivity index (χ2v) is 9.54. The maximum atomic E-state index is 12.9. The average molecular weight is 525 g/mol. The molecule has 0 saturated carbocycles. The molecule has 2 aromatic rings. The van der Waals surface area contributed by atoms with E-state index >= 15 is 0 Å². The number of fused-ring (bicyclic) bond motifs is 1. The van der Waals surface area contributed by atoms with Crippen LogP contribution in [-0.2, 0) is 19.1 Å². The Hall–Kier alpha value is -3.26. The summed E-state index contributed by atoms with van der Waals surface area (Å²) in [7, 11) is 0. The highest BCUT2D eigenvalue weighted by Crippen LogP contribution is 2.40. The summed E-state index contributed by atoms with van der Waals surface area (Å²) < 4.78 is 6.08. The first-order chi connectivity index (χ1) is 16.2. The third kappa shape index (κ3) is 4.42. The van der Waals surface area contributed by atoms with Crippen molar-refractivity contribution in [1.82, 2.24) is 0 Å². The topological polar surface area (TPSA) is 92.8 Å². The van der Waals surface area contributed by atoms with Crippen molar-refractivity contribution in [2.75, 3.05) is 16.8 Å². The molecule has 0 spiro atoms. The summed E-state index contributed by atoms with van der Waals surface area (Å²) in [5.41, 5.74) is 3.22. The summed E-state index contributed by atoms with van der Waals surface area (Å²) in [6, 6.07) is 9.70. The van der Waals surface area contributed by atoms with E-state index in [1.54, 1.807) is 18.2 Å². The second-order valence-electron chi connectivity index (χ2n) is 8.68. The number of carbonyl (C=O) groups excluding carboxylic acids is 4. The van der Waals surface area contributed by atoms with Crippen molar-refractivity contribution in [3.05, 3.63) is 69.7 Å². The lowest BCUT2D eigenvalue weighted by Gasteiger charge is -2.22. The van der Waals surface area contributed by atoms with Gasteiger partial charge in [-0.15, -0.1) is 0 Å².